The van der Waals surface area contributed by atoms with Crippen molar-refractivity contribution in [2.24, 2.45) is 10.7 Å². The van der Waals surface area contributed by atoms with E-state index in [1.54, 1.807) is 0 Å². The van der Waals surface area contributed by atoms with Crippen LogP contribution >= 0.6 is 0 Å². The van der Waals surface area contributed by atoms with Crippen molar-refractivity contribution in [3.63, 3.8) is 0 Å². The van der Waals surface area contributed by atoms with Crippen LogP contribution in [0.25, 0.3) is 0 Å². The van der Waals surface area contributed by atoms with Crippen molar-refractivity contribution in [2.75, 3.05) is 19.7 Å². The van der Waals surface area contributed by atoms with Crippen LogP contribution < -0.4 is 11.1 Å². The molecule has 0 saturated carbocycles. The van der Waals surface area contributed by atoms with Crippen LogP contribution in [0.15, 0.2) is 4.99 Å². The van der Waals surface area contributed by atoms with Gasteiger partial charge < -0.3 is 21.3 Å². The number of guanidine groups is 1. The first kappa shape index (κ1) is 12.2. The van der Waals surface area contributed by atoms with Crippen LogP contribution in [0, 0.1) is 0 Å². The van der Waals surface area contributed by atoms with Crippen molar-refractivity contribution in [3.8, 4) is 0 Å². The zero-order chi connectivity index (χ0) is 10.3. The Morgan fingerprint density at radius 3 is 2.69 bits per heavy atom. The molecule has 5 N–H and O–H groups in total. The summed E-state index contributed by atoms with van der Waals surface area (Å²) in [5.74, 6) is 0.301. The predicted molar refractivity (Wildman–Crippen MR) is 52.5 cm³/mol. The van der Waals surface area contributed by atoms with Crippen LogP contribution in [0.5, 0.6) is 0 Å². The summed E-state index contributed by atoms with van der Waals surface area (Å²) in [4.78, 5) is 3.88. The number of nitrogens with zero attached hydrogens (tertiary/aromatic N) is 1. The Morgan fingerprint density at radius 2 is 2.23 bits per heavy atom. The molecule has 0 rings (SSSR count). The number of nitrogens with two attached hydrogens (primary N) is 1. The quantitative estimate of drug-likeness (QED) is 0.331. The number of aliphatic imine (C=N–C) groups is 1. The maximum atomic E-state index is 9.36. The van der Waals surface area contributed by atoms with Crippen molar-refractivity contribution in [2.45, 2.75) is 25.9 Å². The standard InChI is InChI=1S/C8H19N3O2/c1-3-4-10-7(9)11-5-8(2,13)6-12/h12-13H,3-6H2,1-2H3,(H3,9,10,11). The number of aliphatic hydroxyl groups excluding tert-OH is 1. The van der Waals surface area contributed by atoms with Crippen LogP contribution in [0.2, 0.25) is 0 Å². The summed E-state index contributed by atoms with van der Waals surface area (Å²) in [6.07, 6.45) is 0.965. The van der Waals surface area contributed by atoms with Crippen molar-refractivity contribution < 1.29 is 10.2 Å². The Kier molecular flexibility index (Phi) is 5.41. The number of rotatable bonds is 5. The fraction of sp³-hybridized carbons (Fsp3) is 0.875. The zero-order valence-electron chi connectivity index (χ0n) is 8.25. The Hall–Kier alpha value is -0.810. The minimum atomic E-state index is -1.18. The summed E-state index contributed by atoms with van der Waals surface area (Å²) in [6.45, 7) is 4.06. The third kappa shape index (κ3) is 6.36. The second kappa shape index (κ2) is 5.77. The van der Waals surface area contributed by atoms with Gasteiger partial charge in [-0.3, -0.25) is 4.99 Å². The molecule has 1 unspecified atom stereocenters. The van der Waals surface area contributed by atoms with E-state index in [2.05, 4.69) is 10.3 Å². The Morgan fingerprint density at radius 1 is 1.62 bits per heavy atom. The molecule has 0 fully saturated rings. The van der Waals surface area contributed by atoms with Gasteiger partial charge in [-0.1, -0.05) is 6.92 Å². The normalized spacial score (nSPS) is 16.8. The third-order valence-corrected chi connectivity index (χ3v) is 1.49. The zero-order valence-corrected chi connectivity index (χ0v) is 8.25. The smallest absolute Gasteiger partial charge is 0.188 e. The lowest BCUT2D eigenvalue weighted by atomic mass is 10.1. The predicted octanol–water partition coefficient (Wildman–Crippen LogP) is -0.956. The molecule has 0 aliphatic rings. The molecule has 0 heterocycles. The number of hydrogen-bond acceptors (Lipinski definition) is 3. The maximum Gasteiger partial charge on any atom is 0.188 e. The van der Waals surface area contributed by atoms with E-state index in [0.717, 1.165) is 13.0 Å². The molecule has 0 saturated heterocycles. The summed E-state index contributed by atoms with van der Waals surface area (Å²) in [7, 11) is 0. The van der Waals surface area contributed by atoms with Crippen LogP contribution in [0.1, 0.15) is 20.3 Å². The molecule has 0 aromatic heterocycles. The summed E-state index contributed by atoms with van der Waals surface area (Å²) in [5, 5.41) is 20.9. The SMILES string of the molecule is CCCNC(N)=NCC(C)(O)CO. The highest BCUT2D eigenvalue weighted by molar-refractivity contribution is 5.77. The lowest BCUT2D eigenvalue weighted by Crippen LogP contribution is -2.37. The molecule has 0 bridgehead atoms. The first-order valence-electron chi connectivity index (χ1n) is 4.39. The van der Waals surface area contributed by atoms with E-state index in [1.807, 2.05) is 6.92 Å². The van der Waals surface area contributed by atoms with Crippen molar-refractivity contribution >= 4 is 5.96 Å². The summed E-state index contributed by atoms with van der Waals surface area (Å²) < 4.78 is 0. The average Bonchev–Trinajstić information content (AvgIpc) is 2.11. The lowest BCUT2D eigenvalue weighted by molar-refractivity contribution is 0.0101. The maximum absolute atomic E-state index is 9.36. The van der Waals surface area contributed by atoms with Gasteiger partial charge in [0, 0.05) is 6.54 Å². The minimum absolute atomic E-state index is 0.103. The second-order valence-corrected chi connectivity index (χ2v) is 3.28. The van der Waals surface area contributed by atoms with E-state index in [1.165, 1.54) is 6.92 Å². The van der Waals surface area contributed by atoms with Gasteiger partial charge in [0.25, 0.3) is 0 Å². The minimum Gasteiger partial charge on any atom is -0.393 e. The summed E-state index contributed by atoms with van der Waals surface area (Å²) >= 11 is 0. The molecule has 0 radical (unpaired) electrons. The van der Waals surface area contributed by atoms with E-state index in [0.29, 0.717) is 5.96 Å². The first-order chi connectivity index (χ1) is 6.02. The van der Waals surface area contributed by atoms with Gasteiger partial charge in [-0.15, -0.1) is 0 Å². The highest BCUT2D eigenvalue weighted by Crippen LogP contribution is 2.00. The fourth-order valence-electron chi connectivity index (χ4n) is 0.614. The molecule has 13 heavy (non-hydrogen) atoms. The highest BCUT2D eigenvalue weighted by atomic mass is 16.3. The molecule has 0 amide bonds. The second-order valence-electron chi connectivity index (χ2n) is 3.28. The van der Waals surface area contributed by atoms with Gasteiger partial charge in [-0.25, -0.2) is 0 Å². The van der Waals surface area contributed by atoms with E-state index >= 15 is 0 Å². The molecular formula is C8H19N3O2. The van der Waals surface area contributed by atoms with Gasteiger partial charge in [-0.2, -0.15) is 0 Å². The van der Waals surface area contributed by atoms with Crippen molar-refractivity contribution in [1.29, 1.82) is 0 Å². The van der Waals surface area contributed by atoms with E-state index in [-0.39, 0.29) is 13.2 Å². The van der Waals surface area contributed by atoms with E-state index < -0.39 is 5.60 Å². The van der Waals surface area contributed by atoms with Crippen LogP contribution in [0.4, 0.5) is 0 Å². The van der Waals surface area contributed by atoms with E-state index in [4.69, 9.17) is 10.8 Å². The fourth-order valence-corrected chi connectivity index (χ4v) is 0.614. The summed E-state index contributed by atoms with van der Waals surface area (Å²) in [6, 6.07) is 0. The van der Waals surface area contributed by atoms with Gasteiger partial charge in [0.2, 0.25) is 0 Å². The monoisotopic (exact) mass is 189 g/mol. The van der Waals surface area contributed by atoms with Gasteiger partial charge in [0.05, 0.1) is 13.2 Å². The van der Waals surface area contributed by atoms with Crippen molar-refractivity contribution in [1.82, 2.24) is 5.32 Å². The molecule has 0 aliphatic heterocycles. The number of aliphatic hydroxyl groups is 2. The van der Waals surface area contributed by atoms with E-state index in [9.17, 15) is 5.11 Å². The van der Waals surface area contributed by atoms with Gasteiger partial charge in [-0.05, 0) is 13.3 Å². The molecule has 0 aromatic rings. The van der Waals surface area contributed by atoms with Gasteiger partial charge in [0.1, 0.15) is 5.60 Å². The summed E-state index contributed by atoms with van der Waals surface area (Å²) in [5.41, 5.74) is 4.29. The molecule has 0 spiro atoms. The largest absolute Gasteiger partial charge is 0.393 e. The Bertz CT molecular complexity index is 169. The number of nitrogens with one attached hydrogen (secondary N) is 1. The van der Waals surface area contributed by atoms with Gasteiger partial charge >= 0.3 is 0 Å². The van der Waals surface area contributed by atoms with Crippen LogP contribution in [-0.4, -0.2) is 41.5 Å². The Balaban J connectivity index is 3.82. The van der Waals surface area contributed by atoms with Gasteiger partial charge in [0.15, 0.2) is 5.96 Å². The third-order valence-electron chi connectivity index (χ3n) is 1.49. The first-order valence-corrected chi connectivity index (χ1v) is 4.39. The highest BCUT2D eigenvalue weighted by Gasteiger charge is 2.17. The molecular weight excluding hydrogens is 170 g/mol. The number of hydrogen-bond donors (Lipinski definition) is 4. The van der Waals surface area contributed by atoms with Crippen LogP contribution in [-0.2, 0) is 0 Å². The lowest BCUT2D eigenvalue weighted by Gasteiger charge is -2.17. The molecule has 78 valence electrons. The Labute approximate surface area is 78.7 Å². The molecule has 0 aliphatic carbocycles. The average molecular weight is 189 g/mol. The van der Waals surface area contributed by atoms with Crippen molar-refractivity contribution in [3.05, 3.63) is 0 Å². The molecule has 1 atom stereocenters. The molecule has 0 aromatic carbocycles. The molecule has 5 nitrogen and oxygen atoms in total. The topological polar surface area (TPSA) is 90.9 Å². The van der Waals surface area contributed by atoms with Crippen LogP contribution in [0.3, 0.4) is 0 Å². The molecule has 5 heteroatoms.